The quantitative estimate of drug-likeness (QED) is 0.539. The van der Waals surface area contributed by atoms with Crippen LogP contribution in [-0.2, 0) is 4.79 Å². The molecule has 2 fully saturated rings. The summed E-state index contributed by atoms with van der Waals surface area (Å²) in [6, 6.07) is 7.34. The average Bonchev–Trinajstić information content (AvgIpc) is 3.65. The van der Waals surface area contributed by atoms with Crippen molar-refractivity contribution in [2.45, 2.75) is 25.7 Å². The number of carbonyl (C=O) groups excluding carboxylic acids is 2. The normalized spacial score (nSPS) is 15.7. The predicted molar refractivity (Wildman–Crippen MR) is 128 cm³/mol. The highest BCUT2D eigenvalue weighted by molar-refractivity contribution is 5.95. The van der Waals surface area contributed by atoms with Crippen LogP contribution < -0.4 is 9.47 Å². The molecule has 10 heteroatoms. The second-order valence-corrected chi connectivity index (χ2v) is 8.74. The fourth-order valence-corrected chi connectivity index (χ4v) is 4.44. The second kappa shape index (κ2) is 9.36. The molecule has 0 spiro atoms. The van der Waals surface area contributed by atoms with Gasteiger partial charge in [-0.3, -0.25) is 9.59 Å². The summed E-state index contributed by atoms with van der Waals surface area (Å²) in [7, 11) is 3.22. The van der Waals surface area contributed by atoms with Gasteiger partial charge in [0.05, 0.1) is 37.4 Å². The molecule has 2 aromatic heterocycles. The molecule has 182 valence electrons. The van der Waals surface area contributed by atoms with Gasteiger partial charge >= 0.3 is 0 Å². The molecule has 0 unspecified atom stereocenters. The minimum absolute atomic E-state index is 0.0354. The van der Waals surface area contributed by atoms with Crippen LogP contribution in [0.3, 0.4) is 0 Å². The Hall–Kier alpha value is -3.95. The van der Waals surface area contributed by atoms with Crippen molar-refractivity contribution in [3.05, 3.63) is 47.9 Å². The van der Waals surface area contributed by atoms with Gasteiger partial charge in [-0.25, -0.2) is 14.6 Å². The van der Waals surface area contributed by atoms with Gasteiger partial charge in [-0.2, -0.15) is 5.10 Å². The molecule has 0 radical (unpaired) electrons. The smallest absolute Gasteiger partial charge is 0.257 e. The Morgan fingerprint density at radius 3 is 2.40 bits per heavy atom. The zero-order valence-corrected chi connectivity index (χ0v) is 20.1. The zero-order chi connectivity index (χ0) is 24.5. The standard InChI is InChI=1S/C25H28N6O4/c1-16(32)29-10-12-30(13-11-29)24(33)20-15-27-31(23(20)17-4-5-17)25-26-9-8-21(28-25)19-14-18(34-2)6-7-22(19)35-3/h6-9,14-15,17H,4-5,10-13H2,1-3H3. The number of piperazine rings is 1. The third-order valence-electron chi connectivity index (χ3n) is 6.53. The first-order valence-corrected chi connectivity index (χ1v) is 11.7. The van der Waals surface area contributed by atoms with Crippen LogP contribution in [-0.4, -0.2) is 81.8 Å². The number of methoxy groups -OCH3 is 2. The number of rotatable bonds is 6. The topological polar surface area (TPSA) is 103 Å². The first kappa shape index (κ1) is 22.8. The number of amides is 2. The zero-order valence-electron chi connectivity index (χ0n) is 20.1. The van der Waals surface area contributed by atoms with Gasteiger partial charge < -0.3 is 19.3 Å². The molecule has 1 aliphatic carbocycles. The number of nitrogens with zero attached hydrogens (tertiary/aromatic N) is 6. The fraction of sp³-hybridized carbons (Fsp3) is 0.400. The SMILES string of the molecule is COc1ccc(OC)c(-c2ccnc(-n3ncc(C(=O)N4CCN(C(C)=O)CC4)c3C3CC3)n2)c1. The molecule has 10 nitrogen and oxygen atoms in total. The predicted octanol–water partition coefficient (Wildman–Crippen LogP) is 2.53. The molecule has 1 saturated carbocycles. The lowest BCUT2D eigenvalue weighted by molar-refractivity contribution is -0.130. The van der Waals surface area contributed by atoms with Crippen LogP contribution >= 0.6 is 0 Å². The molecule has 0 bridgehead atoms. The molecule has 5 rings (SSSR count). The maximum Gasteiger partial charge on any atom is 0.257 e. The number of hydrogen-bond donors (Lipinski definition) is 0. The van der Waals surface area contributed by atoms with Crippen molar-refractivity contribution >= 4 is 11.8 Å². The van der Waals surface area contributed by atoms with E-state index in [0.29, 0.717) is 54.9 Å². The first-order valence-electron chi connectivity index (χ1n) is 11.7. The average molecular weight is 477 g/mol. The van der Waals surface area contributed by atoms with E-state index in [1.807, 2.05) is 24.3 Å². The fourth-order valence-electron chi connectivity index (χ4n) is 4.44. The van der Waals surface area contributed by atoms with Crippen molar-refractivity contribution < 1.29 is 19.1 Å². The Labute approximate surface area is 203 Å². The molecule has 0 atom stereocenters. The van der Waals surface area contributed by atoms with E-state index in [2.05, 4.69) is 10.1 Å². The van der Waals surface area contributed by atoms with E-state index in [4.69, 9.17) is 14.5 Å². The van der Waals surface area contributed by atoms with Gasteiger partial charge in [0.2, 0.25) is 5.91 Å². The van der Waals surface area contributed by atoms with Crippen LogP contribution in [0.4, 0.5) is 0 Å². The van der Waals surface area contributed by atoms with E-state index in [1.165, 1.54) is 0 Å². The molecule has 2 amide bonds. The van der Waals surface area contributed by atoms with E-state index in [0.717, 1.165) is 24.1 Å². The Morgan fingerprint density at radius 2 is 1.74 bits per heavy atom. The molecular weight excluding hydrogens is 448 g/mol. The van der Waals surface area contributed by atoms with E-state index >= 15 is 0 Å². The highest BCUT2D eigenvalue weighted by Crippen LogP contribution is 2.42. The molecule has 2 aliphatic rings. The summed E-state index contributed by atoms with van der Waals surface area (Å²) in [6.45, 7) is 3.66. The number of ether oxygens (including phenoxy) is 2. The van der Waals surface area contributed by atoms with Crippen LogP contribution in [0.25, 0.3) is 17.2 Å². The summed E-state index contributed by atoms with van der Waals surface area (Å²) in [5.74, 6) is 1.97. The lowest BCUT2D eigenvalue weighted by Crippen LogP contribution is -2.50. The molecule has 0 N–H and O–H groups in total. The molecule has 1 saturated heterocycles. The monoisotopic (exact) mass is 476 g/mol. The van der Waals surface area contributed by atoms with Crippen molar-refractivity contribution in [2.75, 3.05) is 40.4 Å². The van der Waals surface area contributed by atoms with E-state index in [1.54, 1.807) is 48.0 Å². The van der Waals surface area contributed by atoms with Crippen molar-refractivity contribution in [2.24, 2.45) is 0 Å². The number of benzene rings is 1. The molecule has 1 aliphatic heterocycles. The Balaban J connectivity index is 1.48. The summed E-state index contributed by atoms with van der Waals surface area (Å²) < 4.78 is 12.6. The van der Waals surface area contributed by atoms with Crippen LogP contribution in [0.1, 0.15) is 41.7 Å². The molecule has 1 aromatic carbocycles. The van der Waals surface area contributed by atoms with Crippen molar-refractivity contribution in [3.8, 4) is 28.7 Å². The van der Waals surface area contributed by atoms with Gasteiger partial charge in [0, 0.05) is 50.8 Å². The van der Waals surface area contributed by atoms with Crippen LogP contribution in [0.15, 0.2) is 36.7 Å². The largest absolute Gasteiger partial charge is 0.497 e. The second-order valence-electron chi connectivity index (χ2n) is 8.74. The molecule has 3 heterocycles. The lowest BCUT2D eigenvalue weighted by atomic mass is 10.1. The lowest BCUT2D eigenvalue weighted by Gasteiger charge is -2.34. The van der Waals surface area contributed by atoms with Crippen molar-refractivity contribution in [1.82, 2.24) is 29.5 Å². The van der Waals surface area contributed by atoms with Gasteiger partial charge in [0.25, 0.3) is 11.9 Å². The highest BCUT2D eigenvalue weighted by Gasteiger charge is 2.35. The van der Waals surface area contributed by atoms with Gasteiger partial charge in [0.15, 0.2) is 0 Å². The summed E-state index contributed by atoms with van der Waals surface area (Å²) in [5, 5.41) is 4.54. The van der Waals surface area contributed by atoms with Crippen molar-refractivity contribution in [1.29, 1.82) is 0 Å². The maximum absolute atomic E-state index is 13.4. The minimum Gasteiger partial charge on any atom is -0.497 e. The van der Waals surface area contributed by atoms with Crippen LogP contribution in [0.2, 0.25) is 0 Å². The Morgan fingerprint density at radius 1 is 1.00 bits per heavy atom. The van der Waals surface area contributed by atoms with Gasteiger partial charge in [-0.1, -0.05) is 0 Å². The number of aromatic nitrogens is 4. The maximum atomic E-state index is 13.4. The highest BCUT2D eigenvalue weighted by atomic mass is 16.5. The number of hydrogen-bond acceptors (Lipinski definition) is 7. The van der Waals surface area contributed by atoms with Crippen LogP contribution in [0, 0.1) is 0 Å². The molecule has 3 aromatic rings. The van der Waals surface area contributed by atoms with E-state index in [9.17, 15) is 9.59 Å². The van der Waals surface area contributed by atoms with Gasteiger partial charge in [0.1, 0.15) is 11.5 Å². The summed E-state index contributed by atoms with van der Waals surface area (Å²) in [5.41, 5.74) is 2.86. The summed E-state index contributed by atoms with van der Waals surface area (Å²) >= 11 is 0. The number of carbonyl (C=O) groups is 2. The Bertz CT molecular complexity index is 1260. The first-order chi connectivity index (χ1) is 17.0. The Kier molecular flexibility index (Phi) is 6.10. The summed E-state index contributed by atoms with van der Waals surface area (Å²) in [4.78, 5) is 37.9. The van der Waals surface area contributed by atoms with Crippen molar-refractivity contribution in [3.63, 3.8) is 0 Å². The molecule has 35 heavy (non-hydrogen) atoms. The third kappa shape index (κ3) is 4.43. The van der Waals surface area contributed by atoms with Gasteiger partial charge in [-0.15, -0.1) is 0 Å². The van der Waals surface area contributed by atoms with E-state index < -0.39 is 0 Å². The third-order valence-corrected chi connectivity index (χ3v) is 6.53. The van der Waals surface area contributed by atoms with Gasteiger partial charge in [-0.05, 0) is 37.1 Å². The molecular formula is C25H28N6O4. The summed E-state index contributed by atoms with van der Waals surface area (Å²) in [6.07, 6.45) is 5.29. The van der Waals surface area contributed by atoms with Crippen LogP contribution in [0.5, 0.6) is 11.5 Å². The van der Waals surface area contributed by atoms with E-state index in [-0.39, 0.29) is 17.7 Å². The minimum atomic E-state index is -0.0630.